The van der Waals surface area contributed by atoms with E-state index in [-0.39, 0.29) is 16.1 Å². The van der Waals surface area contributed by atoms with Gasteiger partial charge in [-0.05, 0) is 49.4 Å². The van der Waals surface area contributed by atoms with Gasteiger partial charge in [0, 0.05) is 17.4 Å². The van der Waals surface area contributed by atoms with Crippen molar-refractivity contribution in [3.05, 3.63) is 78.4 Å². The van der Waals surface area contributed by atoms with E-state index < -0.39 is 28.0 Å². The third-order valence-electron chi connectivity index (χ3n) is 4.87. The summed E-state index contributed by atoms with van der Waals surface area (Å²) >= 11 is 0. The fourth-order valence-electron chi connectivity index (χ4n) is 3.17. The first-order valence-corrected chi connectivity index (χ1v) is 11.9. The summed E-state index contributed by atoms with van der Waals surface area (Å²) in [5, 5.41) is 2.67. The molecule has 9 nitrogen and oxygen atoms in total. The number of amides is 1. The lowest BCUT2D eigenvalue weighted by molar-refractivity contribution is -0.123. The number of fused-ring (bicyclic) bond motifs is 1. The predicted octanol–water partition coefficient (Wildman–Crippen LogP) is 3.44. The van der Waals surface area contributed by atoms with Crippen molar-refractivity contribution in [2.24, 2.45) is 0 Å². The molecule has 34 heavy (non-hydrogen) atoms. The molecule has 1 amide bonds. The van der Waals surface area contributed by atoms with E-state index in [9.17, 15) is 18.0 Å². The van der Waals surface area contributed by atoms with Crippen LogP contribution in [-0.2, 0) is 19.6 Å². The summed E-state index contributed by atoms with van der Waals surface area (Å²) in [6.45, 7) is 2.31. The fraction of sp³-hybridized carbons (Fsp3) is 0.167. The second-order valence-corrected chi connectivity index (χ2v) is 9.08. The predicted molar refractivity (Wildman–Crippen MR) is 125 cm³/mol. The van der Waals surface area contributed by atoms with Crippen molar-refractivity contribution in [1.82, 2.24) is 0 Å². The van der Waals surface area contributed by atoms with Crippen molar-refractivity contribution in [3.8, 4) is 11.5 Å². The standard InChI is InChI=1S/C24H22N2O7S/c1-16(23(27)25-18-10-11-21-22(15-18)32-13-12-31-21)33-24(28)17-6-5-7-19(14-17)26-34(29,30)20-8-3-2-4-9-20/h2-11,14-16,26H,12-13H2,1H3,(H,25,27). The Labute approximate surface area is 196 Å². The molecule has 0 saturated heterocycles. The van der Waals surface area contributed by atoms with Gasteiger partial charge in [-0.3, -0.25) is 9.52 Å². The third kappa shape index (κ3) is 5.46. The van der Waals surface area contributed by atoms with Crippen LogP contribution in [0.5, 0.6) is 11.5 Å². The van der Waals surface area contributed by atoms with Crippen LogP contribution in [0.3, 0.4) is 0 Å². The van der Waals surface area contributed by atoms with Crippen LogP contribution >= 0.6 is 0 Å². The summed E-state index contributed by atoms with van der Waals surface area (Å²) in [7, 11) is -3.82. The summed E-state index contributed by atoms with van der Waals surface area (Å²) in [4.78, 5) is 25.2. The van der Waals surface area contributed by atoms with Gasteiger partial charge in [-0.2, -0.15) is 0 Å². The highest BCUT2D eigenvalue weighted by molar-refractivity contribution is 7.92. The molecule has 4 rings (SSSR count). The average molecular weight is 483 g/mol. The van der Waals surface area contributed by atoms with Gasteiger partial charge in [0.25, 0.3) is 15.9 Å². The van der Waals surface area contributed by atoms with Crippen molar-refractivity contribution in [1.29, 1.82) is 0 Å². The smallest absolute Gasteiger partial charge is 0.338 e. The minimum absolute atomic E-state index is 0.0900. The molecular formula is C24H22N2O7S. The number of rotatable bonds is 7. The van der Waals surface area contributed by atoms with Crippen LogP contribution in [0.25, 0.3) is 0 Å². The zero-order chi connectivity index (χ0) is 24.1. The summed E-state index contributed by atoms with van der Waals surface area (Å²) in [6, 6.07) is 18.6. The zero-order valence-corrected chi connectivity index (χ0v) is 19.0. The molecule has 0 saturated carbocycles. The minimum atomic E-state index is -3.82. The number of nitrogens with one attached hydrogen (secondary N) is 2. The van der Waals surface area contributed by atoms with Crippen molar-refractivity contribution in [2.45, 2.75) is 17.9 Å². The molecule has 1 unspecified atom stereocenters. The number of anilines is 2. The molecule has 0 aliphatic carbocycles. The summed E-state index contributed by atoms with van der Waals surface area (Å²) in [5.41, 5.74) is 0.744. The van der Waals surface area contributed by atoms with E-state index in [0.717, 1.165) is 0 Å². The van der Waals surface area contributed by atoms with Crippen LogP contribution < -0.4 is 19.5 Å². The fourth-order valence-corrected chi connectivity index (χ4v) is 4.24. The first kappa shape index (κ1) is 23.1. The lowest BCUT2D eigenvalue weighted by Crippen LogP contribution is -2.30. The number of hydrogen-bond donors (Lipinski definition) is 2. The molecule has 0 spiro atoms. The van der Waals surface area contributed by atoms with Gasteiger partial charge in [0.2, 0.25) is 0 Å². The van der Waals surface area contributed by atoms with E-state index in [2.05, 4.69) is 10.0 Å². The van der Waals surface area contributed by atoms with Gasteiger partial charge in [0.1, 0.15) is 13.2 Å². The number of carbonyl (C=O) groups excluding carboxylic acids is 2. The van der Waals surface area contributed by atoms with E-state index in [1.54, 1.807) is 36.4 Å². The molecular weight excluding hydrogens is 460 g/mol. The third-order valence-corrected chi connectivity index (χ3v) is 6.26. The summed E-state index contributed by atoms with van der Waals surface area (Å²) in [5.74, 6) is -0.202. The Morgan fingerprint density at radius 3 is 2.38 bits per heavy atom. The molecule has 1 aliphatic heterocycles. The van der Waals surface area contributed by atoms with E-state index in [1.807, 2.05) is 0 Å². The van der Waals surface area contributed by atoms with Gasteiger partial charge in [0.05, 0.1) is 10.5 Å². The molecule has 0 fully saturated rings. The molecule has 0 radical (unpaired) electrons. The molecule has 176 valence electrons. The Morgan fingerprint density at radius 1 is 0.882 bits per heavy atom. The summed E-state index contributed by atoms with van der Waals surface area (Å²) < 4.78 is 43.7. The van der Waals surface area contributed by atoms with Crippen LogP contribution in [0.2, 0.25) is 0 Å². The molecule has 1 aliphatic rings. The van der Waals surface area contributed by atoms with Crippen molar-refractivity contribution >= 4 is 33.3 Å². The number of benzene rings is 3. The maximum atomic E-state index is 12.6. The Balaban J connectivity index is 1.39. The minimum Gasteiger partial charge on any atom is -0.486 e. The average Bonchev–Trinajstić information content (AvgIpc) is 2.84. The van der Waals surface area contributed by atoms with Crippen LogP contribution in [0.4, 0.5) is 11.4 Å². The molecule has 0 aromatic heterocycles. The molecule has 2 N–H and O–H groups in total. The van der Waals surface area contributed by atoms with Crippen molar-refractivity contribution < 1.29 is 32.2 Å². The van der Waals surface area contributed by atoms with Crippen molar-refractivity contribution in [2.75, 3.05) is 23.3 Å². The highest BCUT2D eigenvalue weighted by Gasteiger charge is 2.21. The number of esters is 1. The van der Waals surface area contributed by atoms with Gasteiger partial charge < -0.3 is 19.5 Å². The molecule has 10 heteroatoms. The highest BCUT2D eigenvalue weighted by Crippen LogP contribution is 2.32. The number of hydrogen-bond acceptors (Lipinski definition) is 7. The molecule has 1 heterocycles. The zero-order valence-electron chi connectivity index (χ0n) is 18.2. The van der Waals surface area contributed by atoms with Gasteiger partial charge in [-0.15, -0.1) is 0 Å². The summed E-state index contributed by atoms with van der Waals surface area (Å²) in [6.07, 6.45) is -1.11. The second-order valence-electron chi connectivity index (χ2n) is 7.39. The van der Waals surface area contributed by atoms with Gasteiger partial charge in [-0.25, -0.2) is 13.2 Å². The van der Waals surface area contributed by atoms with Crippen LogP contribution in [-0.4, -0.2) is 39.6 Å². The SMILES string of the molecule is CC(OC(=O)c1cccc(NS(=O)(=O)c2ccccc2)c1)C(=O)Nc1ccc2c(c1)OCCO2. The molecule has 3 aromatic carbocycles. The second kappa shape index (κ2) is 9.84. The lowest BCUT2D eigenvalue weighted by Gasteiger charge is -2.19. The molecule has 1 atom stereocenters. The Bertz CT molecular complexity index is 1310. The Hall–Kier alpha value is -4.05. The first-order chi connectivity index (χ1) is 16.3. The van der Waals surface area contributed by atoms with E-state index in [1.165, 1.54) is 43.3 Å². The maximum absolute atomic E-state index is 12.6. The number of carbonyl (C=O) groups is 2. The quantitative estimate of drug-likeness (QED) is 0.495. The van der Waals surface area contributed by atoms with Crippen molar-refractivity contribution in [3.63, 3.8) is 0 Å². The Kier molecular flexibility index (Phi) is 6.69. The van der Waals surface area contributed by atoms with Crippen LogP contribution in [0.15, 0.2) is 77.7 Å². The van der Waals surface area contributed by atoms with Gasteiger partial charge in [-0.1, -0.05) is 24.3 Å². The number of sulfonamides is 1. The first-order valence-electron chi connectivity index (χ1n) is 10.4. The van der Waals surface area contributed by atoms with Gasteiger partial charge >= 0.3 is 5.97 Å². The largest absolute Gasteiger partial charge is 0.486 e. The van der Waals surface area contributed by atoms with Crippen LogP contribution in [0.1, 0.15) is 17.3 Å². The Morgan fingerprint density at radius 2 is 1.62 bits per heavy atom. The van der Waals surface area contributed by atoms with Crippen LogP contribution in [0, 0.1) is 0 Å². The normalized spacial score (nSPS) is 13.4. The maximum Gasteiger partial charge on any atom is 0.338 e. The monoisotopic (exact) mass is 482 g/mol. The van der Waals surface area contributed by atoms with E-state index in [0.29, 0.717) is 30.4 Å². The lowest BCUT2D eigenvalue weighted by atomic mass is 10.2. The number of ether oxygens (including phenoxy) is 3. The molecule has 3 aromatic rings. The topological polar surface area (TPSA) is 120 Å². The van der Waals surface area contributed by atoms with E-state index in [4.69, 9.17) is 14.2 Å². The highest BCUT2D eigenvalue weighted by atomic mass is 32.2. The van der Waals surface area contributed by atoms with Gasteiger partial charge in [0.15, 0.2) is 17.6 Å². The van der Waals surface area contributed by atoms with E-state index >= 15 is 0 Å². The molecule has 0 bridgehead atoms.